The van der Waals surface area contributed by atoms with Crippen molar-refractivity contribution in [2.75, 3.05) is 11.8 Å². The maximum Gasteiger partial charge on any atom is 0.261 e. The van der Waals surface area contributed by atoms with E-state index in [2.05, 4.69) is 10.0 Å². The van der Waals surface area contributed by atoms with Gasteiger partial charge in [0.05, 0.1) is 10.6 Å². The van der Waals surface area contributed by atoms with E-state index in [0.29, 0.717) is 12.1 Å². The first kappa shape index (κ1) is 15.5. The van der Waals surface area contributed by atoms with Gasteiger partial charge in [-0.15, -0.1) is 0 Å². The maximum absolute atomic E-state index is 13.3. The van der Waals surface area contributed by atoms with Crippen molar-refractivity contribution in [1.82, 2.24) is 5.32 Å². The highest BCUT2D eigenvalue weighted by Gasteiger charge is 2.15. The highest BCUT2D eigenvalue weighted by molar-refractivity contribution is 7.92. The molecule has 0 aliphatic carbocycles. The van der Waals surface area contributed by atoms with Crippen LogP contribution in [0.2, 0.25) is 0 Å². The lowest BCUT2D eigenvalue weighted by molar-refractivity contribution is 0.601. The maximum atomic E-state index is 13.3. The summed E-state index contributed by atoms with van der Waals surface area (Å²) in [6, 6.07) is 10.7. The van der Waals surface area contributed by atoms with Crippen LogP contribution in [0.3, 0.4) is 0 Å². The average Bonchev–Trinajstić information content (AvgIpc) is 2.37. The third-order valence-electron chi connectivity index (χ3n) is 2.88. The van der Waals surface area contributed by atoms with Gasteiger partial charge in [-0.1, -0.05) is 12.1 Å². The van der Waals surface area contributed by atoms with Crippen molar-refractivity contribution in [3.8, 4) is 0 Å². The molecule has 0 bridgehead atoms. The Morgan fingerprint density at radius 1 is 1.14 bits per heavy atom. The van der Waals surface area contributed by atoms with Crippen LogP contribution in [0, 0.1) is 12.7 Å². The Labute approximate surface area is 124 Å². The predicted octanol–water partition coefficient (Wildman–Crippen LogP) is 2.65. The zero-order chi connectivity index (χ0) is 15.5. The van der Waals surface area contributed by atoms with Gasteiger partial charge in [0.25, 0.3) is 10.0 Å². The summed E-state index contributed by atoms with van der Waals surface area (Å²) in [7, 11) is -1.95. The van der Waals surface area contributed by atoms with Gasteiger partial charge in [-0.3, -0.25) is 4.72 Å². The monoisotopic (exact) mass is 308 g/mol. The van der Waals surface area contributed by atoms with E-state index in [9.17, 15) is 12.8 Å². The van der Waals surface area contributed by atoms with E-state index in [4.69, 9.17) is 0 Å². The molecule has 2 N–H and O–H groups in total. The molecule has 6 heteroatoms. The van der Waals surface area contributed by atoms with Crippen molar-refractivity contribution in [1.29, 1.82) is 0 Å². The average molecular weight is 308 g/mol. The number of halogens is 1. The first-order valence-electron chi connectivity index (χ1n) is 6.44. The van der Waals surface area contributed by atoms with Crippen LogP contribution in [0.4, 0.5) is 10.1 Å². The van der Waals surface area contributed by atoms with E-state index in [0.717, 1.165) is 11.6 Å². The van der Waals surface area contributed by atoms with Gasteiger partial charge in [0.1, 0.15) is 5.82 Å². The summed E-state index contributed by atoms with van der Waals surface area (Å²) in [6.07, 6.45) is 0. The molecule has 0 unspecified atom stereocenters. The summed E-state index contributed by atoms with van der Waals surface area (Å²) in [5, 5.41) is 2.96. The normalized spacial score (nSPS) is 11.4. The van der Waals surface area contributed by atoms with E-state index in [1.807, 2.05) is 6.07 Å². The van der Waals surface area contributed by atoms with Crippen LogP contribution in [-0.2, 0) is 16.6 Å². The van der Waals surface area contributed by atoms with Crippen molar-refractivity contribution in [3.05, 3.63) is 59.4 Å². The third-order valence-corrected chi connectivity index (χ3v) is 4.26. The molecular weight excluding hydrogens is 291 g/mol. The quantitative estimate of drug-likeness (QED) is 0.893. The van der Waals surface area contributed by atoms with Gasteiger partial charge in [0.2, 0.25) is 0 Å². The lowest BCUT2D eigenvalue weighted by Gasteiger charge is -2.10. The highest BCUT2D eigenvalue weighted by atomic mass is 32.2. The minimum Gasteiger partial charge on any atom is -0.316 e. The van der Waals surface area contributed by atoms with Crippen molar-refractivity contribution in [2.24, 2.45) is 0 Å². The van der Waals surface area contributed by atoms with Gasteiger partial charge in [-0.25, -0.2) is 12.8 Å². The number of rotatable bonds is 5. The SMILES string of the molecule is CNCc1cccc(S(=O)(=O)Nc2cc(C)cc(F)c2)c1. The minimum atomic E-state index is -3.73. The van der Waals surface area contributed by atoms with Gasteiger partial charge in [-0.05, 0) is 55.4 Å². The molecule has 0 spiro atoms. The zero-order valence-corrected chi connectivity index (χ0v) is 12.7. The molecule has 0 saturated carbocycles. The molecule has 0 radical (unpaired) electrons. The zero-order valence-electron chi connectivity index (χ0n) is 11.9. The summed E-state index contributed by atoms with van der Waals surface area (Å²) >= 11 is 0. The van der Waals surface area contributed by atoms with Crippen LogP contribution in [0.5, 0.6) is 0 Å². The van der Waals surface area contributed by atoms with Gasteiger partial charge >= 0.3 is 0 Å². The van der Waals surface area contributed by atoms with Crippen LogP contribution < -0.4 is 10.0 Å². The first-order valence-corrected chi connectivity index (χ1v) is 7.92. The molecule has 2 aromatic rings. The Bertz CT molecular complexity index is 725. The summed E-state index contributed by atoms with van der Waals surface area (Å²) in [6.45, 7) is 2.27. The Balaban J connectivity index is 2.31. The van der Waals surface area contributed by atoms with Gasteiger partial charge in [0.15, 0.2) is 0 Å². The van der Waals surface area contributed by atoms with Crippen molar-refractivity contribution in [2.45, 2.75) is 18.4 Å². The van der Waals surface area contributed by atoms with E-state index in [1.165, 1.54) is 12.1 Å². The molecule has 0 saturated heterocycles. The van der Waals surface area contributed by atoms with Crippen molar-refractivity contribution >= 4 is 15.7 Å². The molecule has 4 nitrogen and oxygen atoms in total. The Morgan fingerprint density at radius 3 is 2.57 bits per heavy atom. The minimum absolute atomic E-state index is 0.150. The summed E-state index contributed by atoms with van der Waals surface area (Å²) in [5.74, 6) is -0.475. The fourth-order valence-corrected chi connectivity index (χ4v) is 3.15. The lowest BCUT2D eigenvalue weighted by Crippen LogP contribution is -2.14. The fourth-order valence-electron chi connectivity index (χ4n) is 2.04. The van der Waals surface area contributed by atoms with Crippen molar-refractivity contribution in [3.63, 3.8) is 0 Å². The largest absolute Gasteiger partial charge is 0.316 e. The number of benzene rings is 2. The van der Waals surface area contributed by atoms with Crippen LogP contribution in [0.15, 0.2) is 47.4 Å². The highest BCUT2D eigenvalue weighted by Crippen LogP contribution is 2.19. The number of sulfonamides is 1. The summed E-state index contributed by atoms with van der Waals surface area (Å²) < 4.78 is 40.4. The van der Waals surface area contributed by atoms with E-state index in [1.54, 1.807) is 32.2 Å². The van der Waals surface area contributed by atoms with Crippen molar-refractivity contribution < 1.29 is 12.8 Å². The summed E-state index contributed by atoms with van der Waals surface area (Å²) in [5.41, 5.74) is 1.72. The summed E-state index contributed by atoms with van der Waals surface area (Å²) in [4.78, 5) is 0.150. The molecule has 2 aromatic carbocycles. The van der Waals surface area contributed by atoms with Crippen LogP contribution in [0.25, 0.3) is 0 Å². The lowest BCUT2D eigenvalue weighted by atomic mass is 10.2. The van der Waals surface area contributed by atoms with Gasteiger partial charge in [0, 0.05) is 6.54 Å². The van der Waals surface area contributed by atoms with E-state index >= 15 is 0 Å². The molecule has 0 atom stereocenters. The third kappa shape index (κ3) is 4.03. The fraction of sp³-hybridized carbons (Fsp3) is 0.200. The molecule has 112 valence electrons. The number of hydrogen-bond acceptors (Lipinski definition) is 3. The number of aryl methyl sites for hydroxylation is 1. The Morgan fingerprint density at radius 2 is 1.90 bits per heavy atom. The molecule has 0 aromatic heterocycles. The van der Waals surface area contributed by atoms with Crippen LogP contribution >= 0.6 is 0 Å². The smallest absolute Gasteiger partial charge is 0.261 e. The molecular formula is C15H17FN2O2S. The molecule has 21 heavy (non-hydrogen) atoms. The molecule has 0 fully saturated rings. The molecule has 2 rings (SSSR count). The van der Waals surface area contributed by atoms with Crippen LogP contribution in [-0.4, -0.2) is 15.5 Å². The van der Waals surface area contributed by atoms with Gasteiger partial charge < -0.3 is 5.32 Å². The number of anilines is 1. The second-order valence-electron chi connectivity index (χ2n) is 4.80. The van der Waals surface area contributed by atoms with Gasteiger partial charge in [-0.2, -0.15) is 0 Å². The second kappa shape index (κ2) is 6.24. The Kier molecular flexibility index (Phi) is 4.59. The Hall–Kier alpha value is -1.92. The molecule has 0 amide bonds. The topological polar surface area (TPSA) is 58.2 Å². The van der Waals surface area contributed by atoms with Crippen LogP contribution in [0.1, 0.15) is 11.1 Å². The number of nitrogens with one attached hydrogen (secondary N) is 2. The standard InChI is InChI=1S/C15H17FN2O2S/c1-11-6-13(16)9-14(7-11)18-21(19,20)15-5-3-4-12(8-15)10-17-2/h3-9,17-18H,10H2,1-2H3. The second-order valence-corrected chi connectivity index (χ2v) is 6.48. The first-order chi connectivity index (χ1) is 9.90. The predicted molar refractivity (Wildman–Crippen MR) is 81.2 cm³/mol. The van der Waals surface area contributed by atoms with E-state index in [-0.39, 0.29) is 10.6 Å². The molecule has 0 aliphatic heterocycles. The molecule has 0 heterocycles. The van der Waals surface area contributed by atoms with E-state index < -0.39 is 15.8 Å². The number of hydrogen-bond donors (Lipinski definition) is 2. The molecule has 0 aliphatic rings.